The van der Waals surface area contributed by atoms with Crippen molar-refractivity contribution in [3.8, 4) is 5.75 Å². The minimum Gasteiger partial charge on any atom is -0.497 e. The van der Waals surface area contributed by atoms with Gasteiger partial charge in [0.2, 0.25) is 5.91 Å². The summed E-state index contributed by atoms with van der Waals surface area (Å²) >= 11 is 0. The molecule has 2 rings (SSSR count). The molecule has 0 aliphatic rings. The normalized spacial score (nSPS) is 10.1. The summed E-state index contributed by atoms with van der Waals surface area (Å²) in [4.78, 5) is 11.9. The fourth-order valence-corrected chi connectivity index (χ4v) is 2.15. The van der Waals surface area contributed by atoms with Crippen LogP contribution in [0.15, 0.2) is 42.5 Å². The molecule has 4 heteroatoms. The Morgan fingerprint density at radius 1 is 1.09 bits per heavy atom. The van der Waals surface area contributed by atoms with Gasteiger partial charge in [0.15, 0.2) is 0 Å². The molecule has 0 aliphatic heterocycles. The third kappa shape index (κ3) is 4.25. The van der Waals surface area contributed by atoms with E-state index in [0.29, 0.717) is 13.0 Å². The lowest BCUT2D eigenvalue weighted by Crippen LogP contribution is -2.16. The minimum atomic E-state index is -0.0111. The first-order chi connectivity index (χ1) is 10.6. The van der Waals surface area contributed by atoms with E-state index in [1.165, 1.54) is 11.1 Å². The second kappa shape index (κ2) is 7.50. The monoisotopic (exact) mass is 298 g/mol. The molecule has 0 unspecified atom stereocenters. The van der Waals surface area contributed by atoms with Crippen LogP contribution < -0.4 is 15.4 Å². The van der Waals surface area contributed by atoms with Crippen LogP contribution in [0.2, 0.25) is 0 Å². The van der Waals surface area contributed by atoms with Gasteiger partial charge in [-0.2, -0.15) is 0 Å². The van der Waals surface area contributed by atoms with E-state index in [0.717, 1.165) is 17.1 Å². The molecular weight excluding hydrogens is 276 g/mol. The number of anilines is 2. The summed E-state index contributed by atoms with van der Waals surface area (Å²) in [6.45, 7) is 4.76. The van der Waals surface area contributed by atoms with Crippen molar-refractivity contribution >= 4 is 17.3 Å². The predicted octanol–water partition coefficient (Wildman–Crippen LogP) is 3.75. The number of carbonyl (C=O) groups is 1. The van der Waals surface area contributed by atoms with Gasteiger partial charge < -0.3 is 15.4 Å². The molecule has 0 spiro atoms. The molecule has 0 heterocycles. The van der Waals surface area contributed by atoms with E-state index in [-0.39, 0.29) is 5.91 Å². The largest absolute Gasteiger partial charge is 0.497 e. The molecule has 0 atom stereocenters. The van der Waals surface area contributed by atoms with Crippen molar-refractivity contribution in [3.05, 3.63) is 53.6 Å². The molecule has 2 N–H and O–H groups in total. The summed E-state index contributed by atoms with van der Waals surface area (Å²) in [5.74, 6) is 0.762. The molecule has 2 aromatic carbocycles. The van der Waals surface area contributed by atoms with Gasteiger partial charge in [-0.05, 0) is 55.3 Å². The highest BCUT2D eigenvalue weighted by Gasteiger charge is 2.04. The van der Waals surface area contributed by atoms with Crippen LogP contribution in [0.3, 0.4) is 0 Å². The van der Waals surface area contributed by atoms with Gasteiger partial charge in [0.05, 0.1) is 7.11 Å². The molecule has 4 nitrogen and oxygen atoms in total. The summed E-state index contributed by atoms with van der Waals surface area (Å²) in [5.41, 5.74) is 4.32. The first-order valence-electron chi connectivity index (χ1n) is 7.34. The summed E-state index contributed by atoms with van der Waals surface area (Å²) in [6, 6.07) is 13.4. The molecule has 0 saturated carbocycles. The first-order valence-corrected chi connectivity index (χ1v) is 7.34. The lowest BCUT2D eigenvalue weighted by atomic mass is 10.1. The SMILES string of the molecule is COc1ccc(NC(=O)CCNc2cccc(C)c2C)cc1. The van der Waals surface area contributed by atoms with E-state index in [2.05, 4.69) is 30.5 Å². The zero-order chi connectivity index (χ0) is 15.9. The summed E-state index contributed by atoms with van der Waals surface area (Å²) < 4.78 is 5.09. The summed E-state index contributed by atoms with van der Waals surface area (Å²) in [7, 11) is 1.62. The van der Waals surface area contributed by atoms with Crippen LogP contribution in [0.25, 0.3) is 0 Å². The van der Waals surface area contributed by atoms with Crippen LogP contribution in [-0.4, -0.2) is 19.6 Å². The van der Waals surface area contributed by atoms with E-state index >= 15 is 0 Å². The van der Waals surface area contributed by atoms with Gasteiger partial charge in [0.25, 0.3) is 0 Å². The van der Waals surface area contributed by atoms with Crippen LogP contribution in [-0.2, 0) is 4.79 Å². The fraction of sp³-hybridized carbons (Fsp3) is 0.278. The highest BCUT2D eigenvalue weighted by atomic mass is 16.5. The van der Waals surface area contributed by atoms with Crippen LogP contribution in [0.1, 0.15) is 17.5 Å². The summed E-state index contributed by atoms with van der Waals surface area (Å²) in [6.07, 6.45) is 0.416. The Morgan fingerprint density at radius 2 is 1.82 bits per heavy atom. The number of benzene rings is 2. The average Bonchev–Trinajstić information content (AvgIpc) is 2.52. The molecule has 0 aliphatic carbocycles. The average molecular weight is 298 g/mol. The first kappa shape index (κ1) is 15.9. The van der Waals surface area contributed by atoms with Gasteiger partial charge in [0, 0.05) is 24.3 Å². The number of nitrogens with one attached hydrogen (secondary N) is 2. The lowest BCUT2D eigenvalue weighted by Gasteiger charge is -2.11. The van der Waals surface area contributed by atoms with Gasteiger partial charge in [-0.15, -0.1) is 0 Å². The lowest BCUT2D eigenvalue weighted by molar-refractivity contribution is -0.115. The standard InChI is InChI=1S/C18H22N2O2/c1-13-5-4-6-17(14(13)2)19-12-11-18(21)20-15-7-9-16(22-3)10-8-15/h4-10,19H,11-12H2,1-3H3,(H,20,21). The highest BCUT2D eigenvalue weighted by molar-refractivity contribution is 5.91. The predicted molar refractivity (Wildman–Crippen MR) is 90.6 cm³/mol. The molecular formula is C18H22N2O2. The van der Waals surface area contributed by atoms with Crippen molar-refractivity contribution in [2.45, 2.75) is 20.3 Å². The Bertz CT molecular complexity index is 636. The molecule has 22 heavy (non-hydrogen) atoms. The van der Waals surface area contributed by atoms with Gasteiger partial charge in [-0.25, -0.2) is 0 Å². The number of hydrogen-bond donors (Lipinski definition) is 2. The van der Waals surface area contributed by atoms with Gasteiger partial charge in [-0.1, -0.05) is 12.1 Å². The van der Waals surface area contributed by atoms with Crippen LogP contribution >= 0.6 is 0 Å². The molecule has 0 aromatic heterocycles. The molecule has 0 radical (unpaired) electrons. The van der Waals surface area contributed by atoms with Crippen molar-refractivity contribution in [1.82, 2.24) is 0 Å². The van der Waals surface area contributed by atoms with E-state index in [1.54, 1.807) is 7.11 Å². The Kier molecular flexibility index (Phi) is 5.42. The molecule has 0 saturated heterocycles. The Labute approximate surface area is 131 Å². The van der Waals surface area contributed by atoms with E-state index in [4.69, 9.17) is 4.74 Å². The third-order valence-electron chi connectivity index (χ3n) is 3.65. The quantitative estimate of drug-likeness (QED) is 0.854. The smallest absolute Gasteiger partial charge is 0.226 e. The van der Waals surface area contributed by atoms with E-state index in [9.17, 15) is 4.79 Å². The van der Waals surface area contributed by atoms with Crippen LogP contribution in [0.5, 0.6) is 5.75 Å². The number of hydrogen-bond acceptors (Lipinski definition) is 3. The van der Waals surface area contributed by atoms with Crippen LogP contribution in [0, 0.1) is 13.8 Å². The van der Waals surface area contributed by atoms with Gasteiger partial charge >= 0.3 is 0 Å². The maximum absolute atomic E-state index is 11.9. The topological polar surface area (TPSA) is 50.4 Å². The van der Waals surface area contributed by atoms with Crippen molar-refractivity contribution in [1.29, 1.82) is 0 Å². The number of rotatable bonds is 6. The maximum Gasteiger partial charge on any atom is 0.226 e. The zero-order valence-corrected chi connectivity index (χ0v) is 13.3. The van der Waals surface area contributed by atoms with Crippen molar-refractivity contribution < 1.29 is 9.53 Å². The van der Waals surface area contributed by atoms with Crippen LogP contribution in [0.4, 0.5) is 11.4 Å². The second-order valence-corrected chi connectivity index (χ2v) is 5.20. The third-order valence-corrected chi connectivity index (χ3v) is 3.65. The number of carbonyl (C=O) groups excluding carboxylic acids is 1. The van der Waals surface area contributed by atoms with Gasteiger partial charge in [-0.3, -0.25) is 4.79 Å². The zero-order valence-electron chi connectivity index (χ0n) is 13.3. The van der Waals surface area contributed by atoms with Crippen molar-refractivity contribution in [2.24, 2.45) is 0 Å². The Balaban J connectivity index is 1.81. The Hall–Kier alpha value is -2.49. The van der Waals surface area contributed by atoms with E-state index in [1.807, 2.05) is 36.4 Å². The number of ether oxygens (including phenoxy) is 1. The molecule has 0 bridgehead atoms. The van der Waals surface area contributed by atoms with Crippen molar-refractivity contribution in [2.75, 3.05) is 24.3 Å². The molecule has 1 amide bonds. The number of amides is 1. The molecule has 2 aromatic rings. The maximum atomic E-state index is 11.9. The minimum absolute atomic E-state index is 0.0111. The Morgan fingerprint density at radius 3 is 2.50 bits per heavy atom. The molecule has 0 fully saturated rings. The van der Waals surface area contributed by atoms with Crippen molar-refractivity contribution in [3.63, 3.8) is 0 Å². The fourth-order valence-electron chi connectivity index (χ4n) is 2.15. The van der Waals surface area contributed by atoms with E-state index < -0.39 is 0 Å². The number of aryl methyl sites for hydroxylation is 1. The second-order valence-electron chi connectivity index (χ2n) is 5.20. The number of methoxy groups -OCH3 is 1. The highest BCUT2D eigenvalue weighted by Crippen LogP contribution is 2.18. The summed E-state index contributed by atoms with van der Waals surface area (Å²) in [5, 5.41) is 6.18. The van der Waals surface area contributed by atoms with Gasteiger partial charge in [0.1, 0.15) is 5.75 Å². The molecule has 116 valence electrons.